The van der Waals surface area contributed by atoms with E-state index in [1.165, 1.54) is 6.07 Å². The van der Waals surface area contributed by atoms with Gasteiger partial charge in [-0.2, -0.15) is 5.26 Å². The van der Waals surface area contributed by atoms with E-state index in [4.69, 9.17) is 10.4 Å². The Bertz CT molecular complexity index is 469. The molecule has 1 N–H and O–H groups in total. The summed E-state index contributed by atoms with van der Waals surface area (Å²) in [6, 6.07) is 1.46. The van der Waals surface area contributed by atoms with Gasteiger partial charge in [0, 0.05) is 6.20 Å². The fourth-order valence-electron chi connectivity index (χ4n) is 1.15. The molecule has 0 aromatic carbocycles. The minimum absolute atomic E-state index is 0.403. The number of ether oxygens (including phenoxy) is 1. The molecule has 16 heavy (non-hydrogen) atoms. The number of pyridine rings is 1. The molecule has 1 heterocycles. The van der Waals surface area contributed by atoms with Crippen LogP contribution in [0.5, 0.6) is 5.75 Å². The van der Waals surface area contributed by atoms with Crippen molar-refractivity contribution >= 4 is 5.97 Å². The molecule has 0 amide bonds. The Hall–Kier alpha value is -2.23. The number of hydrogen-bond acceptors (Lipinski definition) is 4. The van der Waals surface area contributed by atoms with Crippen molar-refractivity contribution < 1.29 is 23.4 Å². The number of halogens is 2. The number of rotatable bonds is 3. The zero-order valence-electron chi connectivity index (χ0n) is 8.07. The third-order valence-electron chi connectivity index (χ3n) is 1.81. The molecule has 7 heteroatoms. The molecule has 0 bridgehead atoms. The summed E-state index contributed by atoms with van der Waals surface area (Å²) >= 11 is 0. The van der Waals surface area contributed by atoms with Crippen LogP contribution >= 0.6 is 0 Å². The van der Waals surface area contributed by atoms with Crippen molar-refractivity contribution in [2.45, 2.75) is 6.43 Å². The monoisotopic (exact) mass is 228 g/mol. The molecular weight excluding hydrogens is 222 g/mol. The first kappa shape index (κ1) is 11.8. The lowest BCUT2D eigenvalue weighted by Crippen LogP contribution is -2.07. The van der Waals surface area contributed by atoms with Gasteiger partial charge in [-0.15, -0.1) is 0 Å². The number of carboxylic acids is 1. The van der Waals surface area contributed by atoms with Gasteiger partial charge in [0.25, 0.3) is 6.43 Å². The van der Waals surface area contributed by atoms with Crippen LogP contribution in [0.2, 0.25) is 0 Å². The first-order valence-corrected chi connectivity index (χ1v) is 4.01. The van der Waals surface area contributed by atoms with E-state index in [0.717, 1.165) is 13.3 Å². The van der Waals surface area contributed by atoms with Crippen LogP contribution in [0.1, 0.15) is 28.0 Å². The van der Waals surface area contributed by atoms with Gasteiger partial charge in [-0.25, -0.2) is 13.6 Å². The van der Waals surface area contributed by atoms with Crippen molar-refractivity contribution in [3.05, 3.63) is 23.0 Å². The molecule has 0 atom stereocenters. The lowest BCUT2D eigenvalue weighted by molar-refractivity contribution is 0.0691. The predicted octanol–water partition coefficient (Wildman–Crippen LogP) is 1.60. The van der Waals surface area contributed by atoms with Crippen LogP contribution < -0.4 is 4.74 Å². The van der Waals surface area contributed by atoms with Gasteiger partial charge >= 0.3 is 5.97 Å². The molecule has 0 fully saturated rings. The van der Waals surface area contributed by atoms with Gasteiger partial charge in [-0.1, -0.05) is 0 Å². The number of carboxylic acid groups (broad SMARTS) is 1. The maximum atomic E-state index is 12.4. The molecular formula is C9H6F2N2O3. The lowest BCUT2D eigenvalue weighted by atomic mass is 10.1. The molecule has 0 saturated heterocycles. The standard InChI is InChI=1S/C9H6F2N2O3/c1-16-7-4(2-12)6(8(10)11)13-3-5(7)9(14)15/h3,8H,1H3,(H,14,15). The lowest BCUT2D eigenvalue weighted by Gasteiger charge is -2.09. The number of aromatic nitrogens is 1. The predicted molar refractivity (Wildman–Crippen MR) is 47.4 cm³/mol. The van der Waals surface area contributed by atoms with E-state index in [0.29, 0.717) is 0 Å². The van der Waals surface area contributed by atoms with Gasteiger partial charge in [0.2, 0.25) is 0 Å². The van der Waals surface area contributed by atoms with Crippen molar-refractivity contribution in [2.24, 2.45) is 0 Å². The summed E-state index contributed by atoms with van der Waals surface area (Å²) < 4.78 is 29.5. The molecule has 0 aliphatic carbocycles. The highest BCUT2D eigenvalue weighted by Gasteiger charge is 2.24. The summed E-state index contributed by atoms with van der Waals surface area (Å²) in [5.41, 5.74) is -1.77. The van der Waals surface area contributed by atoms with Crippen LogP contribution in [0.25, 0.3) is 0 Å². The van der Waals surface area contributed by atoms with Crippen LogP contribution in [-0.2, 0) is 0 Å². The van der Waals surface area contributed by atoms with Crippen LogP contribution in [0, 0.1) is 11.3 Å². The molecule has 84 valence electrons. The molecule has 5 nitrogen and oxygen atoms in total. The van der Waals surface area contributed by atoms with E-state index < -0.39 is 35.0 Å². The number of nitriles is 1. The molecule has 0 radical (unpaired) electrons. The first-order valence-electron chi connectivity index (χ1n) is 4.01. The van der Waals surface area contributed by atoms with E-state index in [1.54, 1.807) is 0 Å². The number of alkyl halides is 2. The normalized spacial score (nSPS) is 9.94. The zero-order valence-corrected chi connectivity index (χ0v) is 8.07. The number of carbonyl (C=O) groups is 1. The molecule has 0 aliphatic rings. The minimum Gasteiger partial charge on any atom is -0.494 e. The third kappa shape index (κ3) is 1.91. The topological polar surface area (TPSA) is 83.2 Å². The third-order valence-corrected chi connectivity index (χ3v) is 1.81. The number of methoxy groups -OCH3 is 1. The fourth-order valence-corrected chi connectivity index (χ4v) is 1.15. The second-order valence-electron chi connectivity index (χ2n) is 2.68. The Morgan fingerprint density at radius 2 is 2.31 bits per heavy atom. The van der Waals surface area contributed by atoms with E-state index in [2.05, 4.69) is 9.72 Å². The maximum absolute atomic E-state index is 12.4. The Balaban J connectivity index is 3.54. The highest BCUT2D eigenvalue weighted by atomic mass is 19.3. The molecule has 0 saturated carbocycles. The highest BCUT2D eigenvalue weighted by Crippen LogP contribution is 2.30. The molecule has 0 spiro atoms. The Morgan fingerprint density at radius 1 is 1.69 bits per heavy atom. The summed E-state index contributed by atoms with van der Waals surface area (Å²) in [6.07, 6.45) is -2.23. The molecule has 1 aromatic heterocycles. The summed E-state index contributed by atoms with van der Waals surface area (Å²) in [5.74, 6) is -1.80. The highest BCUT2D eigenvalue weighted by molar-refractivity contribution is 5.91. The average Bonchev–Trinajstić information content (AvgIpc) is 2.26. The van der Waals surface area contributed by atoms with Crippen LogP contribution in [-0.4, -0.2) is 23.2 Å². The minimum atomic E-state index is -2.97. The van der Waals surface area contributed by atoms with E-state index in [9.17, 15) is 13.6 Å². The number of nitrogens with zero attached hydrogens (tertiary/aromatic N) is 2. The zero-order chi connectivity index (χ0) is 12.3. The van der Waals surface area contributed by atoms with Gasteiger partial charge in [-0.05, 0) is 0 Å². The van der Waals surface area contributed by atoms with Crippen molar-refractivity contribution in [1.29, 1.82) is 5.26 Å². The Labute approximate surface area is 88.9 Å². The van der Waals surface area contributed by atoms with Gasteiger partial charge < -0.3 is 9.84 Å². The van der Waals surface area contributed by atoms with Crippen LogP contribution in [0.4, 0.5) is 8.78 Å². The number of hydrogen-bond donors (Lipinski definition) is 1. The first-order chi connectivity index (χ1) is 7.52. The van der Waals surface area contributed by atoms with Crippen LogP contribution in [0.3, 0.4) is 0 Å². The van der Waals surface area contributed by atoms with Gasteiger partial charge in [-0.3, -0.25) is 4.98 Å². The van der Waals surface area contributed by atoms with Crippen LogP contribution in [0.15, 0.2) is 6.20 Å². The number of aromatic carboxylic acids is 1. The smallest absolute Gasteiger partial charge is 0.341 e. The van der Waals surface area contributed by atoms with E-state index >= 15 is 0 Å². The second-order valence-corrected chi connectivity index (χ2v) is 2.68. The second kappa shape index (κ2) is 4.53. The SMILES string of the molecule is COc1c(C(=O)O)cnc(C(F)F)c1C#N. The molecule has 0 unspecified atom stereocenters. The van der Waals surface area contributed by atoms with Crippen molar-refractivity contribution in [3.8, 4) is 11.8 Å². The van der Waals surface area contributed by atoms with E-state index in [-0.39, 0.29) is 0 Å². The Kier molecular flexibility index (Phi) is 3.35. The van der Waals surface area contributed by atoms with Gasteiger partial charge in [0.05, 0.1) is 7.11 Å². The summed E-state index contributed by atoms with van der Waals surface area (Å²) in [5, 5.41) is 17.4. The quantitative estimate of drug-likeness (QED) is 0.849. The molecule has 0 aliphatic heterocycles. The summed E-state index contributed by atoms with van der Waals surface area (Å²) in [7, 11) is 1.10. The summed E-state index contributed by atoms with van der Waals surface area (Å²) in [6.45, 7) is 0. The fraction of sp³-hybridized carbons (Fsp3) is 0.222. The van der Waals surface area contributed by atoms with Crippen molar-refractivity contribution in [1.82, 2.24) is 4.98 Å². The molecule has 1 aromatic rings. The van der Waals surface area contributed by atoms with Crippen molar-refractivity contribution in [2.75, 3.05) is 7.11 Å². The van der Waals surface area contributed by atoms with E-state index in [1.807, 2.05) is 0 Å². The van der Waals surface area contributed by atoms with Crippen molar-refractivity contribution in [3.63, 3.8) is 0 Å². The maximum Gasteiger partial charge on any atom is 0.341 e. The Morgan fingerprint density at radius 3 is 2.69 bits per heavy atom. The van der Waals surface area contributed by atoms with Gasteiger partial charge in [0.1, 0.15) is 22.9 Å². The largest absolute Gasteiger partial charge is 0.494 e. The van der Waals surface area contributed by atoms with Gasteiger partial charge in [0.15, 0.2) is 5.75 Å². The average molecular weight is 228 g/mol. The molecule has 1 rings (SSSR count). The summed E-state index contributed by atoms with van der Waals surface area (Å²) in [4.78, 5) is 14.0.